The van der Waals surface area contributed by atoms with Gasteiger partial charge in [-0.1, -0.05) is 45.9 Å². The molecule has 7 nitrogen and oxygen atoms in total. The molecule has 0 aliphatic rings. The molecule has 0 aliphatic heterocycles. The van der Waals surface area contributed by atoms with Gasteiger partial charge < -0.3 is 5.32 Å². The summed E-state index contributed by atoms with van der Waals surface area (Å²) in [6, 6.07) is 7.35. The highest BCUT2D eigenvalue weighted by Crippen LogP contribution is 2.32. The molecule has 0 unspecified atom stereocenters. The molecule has 2 aromatic heterocycles. The van der Waals surface area contributed by atoms with E-state index in [2.05, 4.69) is 10.3 Å². The topological polar surface area (TPSA) is 86.0 Å². The first-order chi connectivity index (χ1) is 15.3. The Labute approximate surface area is 187 Å². The van der Waals surface area contributed by atoms with Crippen LogP contribution in [0.1, 0.15) is 56.4 Å². The second kappa shape index (κ2) is 8.84. The molecule has 0 saturated heterocycles. The molecule has 0 radical (unpaired) electrons. The molecule has 0 saturated carbocycles. The third-order valence-corrected chi connectivity index (χ3v) is 5.42. The maximum Gasteiger partial charge on any atom is 0.433 e. The Morgan fingerprint density at radius 3 is 2.12 bits per heavy atom. The van der Waals surface area contributed by atoms with Crippen molar-refractivity contribution in [2.24, 2.45) is 7.05 Å². The third-order valence-electron chi connectivity index (χ3n) is 5.42. The normalized spacial score (nSPS) is 12.1. The fourth-order valence-electron chi connectivity index (χ4n) is 3.69. The van der Waals surface area contributed by atoms with E-state index in [0.717, 1.165) is 21.8 Å². The molecule has 3 aromatic rings. The minimum atomic E-state index is -4.73. The zero-order valence-electron chi connectivity index (χ0n) is 18.9. The Morgan fingerprint density at radius 2 is 1.61 bits per heavy atom. The van der Waals surface area contributed by atoms with E-state index >= 15 is 0 Å². The van der Waals surface area contributed by atoms with Crippen molar-refractivity contribution in [2.75, 3.05) is 5.32 Å². The number of anilines is 1. The molecule has 1 amide bonds. The number of amides is 1. The van der Waals surface area contributed by atoms with Crippen LogP contribution in [0.25, 0.3) is 11.0 Å². The molecule has 10 heteroatoms. The highest BCUT2D eigenvalue weighted by atomic mass is 19.4. The molecule has 0 atom stereocenters. The van der Waals surface area contributed by atoms with Crippen LogP contribution in [-0.4, -0.2) is 20.0 Å². The first-order valence-electron chi connectivity index (χ1n) is 10.4. The lowest BCUT2D eigenvalue weighted by Crippen LogP contribution is -2.42. The zero-order chi connectivity index (χ0) is 24.7. The van der Waals surface area contributed by atoms with Gasteiger partial charge >= 0.3 is 11.9 Å². The van der Waals surface area contributed by atoms with Crippen LogP contribution in [-0.2, 0) is 24.6 Å². The van der Waals surface area contributed by atoms with Crippen molar-refractivity contribution in [1.82, 2.24) is 14.1 Å². The number of aromatic nitrogens is 3. The first kappa shape index (κ1) is 24.2. The van der Waals surface area contributed by atoms with Gasteiger partial charge in [0.15, 0.2) is 0 Å². The molecule has 1 aromatic carbocycles. The molecule has 33 heavy (non-hydrogen) atoms. The maximum atomic E-state index is 13.0. The Bertz CT molecular complexity index is 1310. The Hall–Kier alpha value is -3.43. The summed E-state index contributed by atoms with van der Waals surface area (Å²) in [5.74, 6) is -0.364. The SMILES string of the molecule is CC(C)c1cccc(C(C)C)c1NC(=O)Cn1c(=O)c2ccc(C(F)(F)F)nc2n(C)c1=O. The van der Waals surface area contributed by atoms with Crippen LogP contribution in [0.15, 0.2) is 39.9 Å². The van der Waals surface area contributed by atoms with Gasteiger partial charge in [-0.25, -0.2) is 9.78 Å². The molecule has 1 N–H and O–H groups in total. The van der Waals surface area contributed by atoms with Gasteiger partial charge in [-0.2, -0.15) is 13.2 Å². The summed E-state index contributed by atoms with van der Waals surface area (Å²) in [6.07, 6.45) is -4.73. The quantitative estimate of drug-likeness (QED) is 0.621. The highest BCUT2D eigenvalue weighted by Gasteiger charge is 2.33. The van der Waals surface area contributed by atoms with Crippen LogP contribution in [0.2, 0.25) is 0 Å². The second-order valence-corrected chi connectivity index (χ2v) is 8.47. The lowest BCUT2D eigenvalue weighted by atomic mass is 9.92. The van der Waals surface area contributed by atoms with E-state index in [4.69, 9.17) is 0 Å². The van der Waals surface area contributed by atoms with Crippen LogP contribution in [0.4, 0.5) is 18.9 Å². The summed E-state index contributed by atoms with van der Waals surface area (Å²) in [5.41, 5.74) is -0.972. The average Bonchev–Trinajstić information content (AvgIpc) is 2.73. The monoisotopic (exact) mass is 462 g/mol. The number of halogens is 3. The van der Waals surface area contributed by atoms with E-state index < -0.39 is 41.2 Å². The first-order valence-corrected chi connectivity index (χ1v) is 10.4. The van der Waals surface area contributed by atoms with Gasteiger partial charge in [-0.05, 0) is 35.1 Å². The summed E-state index contributed by atoms with van der Waals surface area (Å²) >= 11 is 0. The number of fused-ring (bicyclic) bond motifs is 1. The van der Waals surface area contributed by atoms with Gasteiger partial charge in [-0.15, -0.1) is 0 Å². The van der Waals surface area contributed by atoms with Crippen LogP contribution in [0.5, 0.6) is 0 Å². The van der Waals surface area contributed by atoms with Gasteiger partial charge in [0, 0.05) is 12.7 Å². The van der Waals surface area contributed by atoms with Crippen molar-refractivity contribution >= 4 is 22.6 Å². The van der Waals surface area contributed by atoms with Gasteiger partial charge in [0.1, 0.15) is 17.9 Å². The summed E-state index contributed by atoms with van der Waals surface area (Å²) in [4.78, 5) is 41.9. The standard InChI is InChI=1S/C23H25F3N4O3/c1-12(2)14-7-6-8-15(13(3)4)19(14)28-18(31)11-30-21(32)16-9-10-17(23(24,25)26)27-20(16)29(5)22(30)33/h6-10,12-13H,11H2,1-5H3,(H,28,31). The lowest BCUT2D eigenvalue weighted by molar-refractivity contribution is -0.141. The molecule has 3 rings (SSSR count). The number of alkyl halides is 3. The molecule has 0 aliphatic carbocycles. The minimum absolute atomic E-state index is 0.115. The van der Waals surface area contributed by atoms with Crippen molar-refractivity contribution in [2.45, 2.75) is 52.3 Å². The Balaban J connectivity index is 2.04. The summed E-state index contributed by atoms with van der Waals surface area (Å²) in [6.45, 7) is 7.36. The van der Waals surface area contributed by atoms with Gasteiger partial charge in [0.25, 0.3) is 5.56 Å². The van der Waals surface area contributed by atoms with E-state index in [1.165, 1.54) is 7.05 Å². The van der Waals surface area contributed by atoms with E-state index in [1.54, 1.807) is 0 Å². The zero-order valence-corrected chi connectivity index (χ0v) is 18.9. The van der Waals surface area contributed by atoms with Crippen molar-refractivity contribution < 1.29 is 18.0 Å². The Kier molecular flexibility index (Phi) is 6.49. The van der Waals surface area contributed by atoms with E-state index in [9.17, 15) is 27.6 Å². The number of para-hydroxylation sites is 1. The number of carbonyl (C=O) groups excluding carboxylic acids is 1. The molecular weight excluding hydrogens is 437 g/mol. The van der Waals surface area contributed by atoms with Crippen molar-refractivity contribution in [3.63, 3.8) is 0 Å². The third kappa shape index (κ3) is 4.69. The molecule has 176 valence electrons. The number of rotatable bonds is 5. The van der Waals surface area contributed by atoms with Gasteiger partial charge in [0.05, 0.1) is 5.39 Å². The highest BCUT2D eigenvalue weighted by molar-refractivity contribution is 5.92. The van der Waals surface area contributed by atoms with E-state index in [-0.39, 0.29) is 17.2 Å². The smallest absolute Gasteiger partial charge is 0.324 e. The second-order valence-electron chi connectivity index (χ2n) is 8.47. The van der Waals surface area contributed by atoms with Gasteiger partial charge in [0.2, 0.25) is 5.91 Å². The average molecular weight is 462 g/mol. The molecule has 0 spiro atoms. The summed E-state index contributed by atoms with van der Waals surface area (Å²) < 4.78 is 40.5. The predicted octanol–water partition coefficient (Wildman–Crippen LogP) is 4.00. The number of pyridine rings is 1. The Morgan fingerprint density at radius 1 is 1.03 bits per heavy atom. The molecular formula is C23H25F3N4O3. The van der Waals surface area contributed by atoms with Crippen molar-refractivity contribution in [1.29, 1.82) is 0 Å². The largest absolute Gasteiger partial charge is 0.433 e. The molecule has 0 fully saturated rings. The maximum absolute atomic E-state index is 13.0. The number of hydrogen-bond donors (Lipinski definition) is 1. The number of benzene rings is 1. The van der Waals surface area contributed by atoms with Crippen molar-refractivity contribution in [3.05, 3.63) is 68.0 Å². The van der Waals surface area contributed by atoms with Gasteiger partial charge in [-0.3, -0.25) is 18.7 Å². The fourth-order valence-corrected chi connectivity index (χ4v) is 3.69. The molecule has 0 bridgehead atoms. The number of nitrogens with one attached hydrogen (secondary N) is 1. The summed E-state index contributed by atoms with van der Waals surface area (Å²) in [7, 11) is 1.20. The number of carbonyl (C=O) groups is 1. The fraction of sp³-hybridized carbons (Fsp3) is 0.391. The minimum Gasteiger partial charge on any atom is -0.324 e. The van der Waals surface area contributed by atoms with E-state index in [0.29, 0.717) is 16.3 Å². The summed E-state index contributed by atoms with van der Waals surface area (Å²) in [5, 5.41) is 2.64. The number of aryl methyl sites for hydroxylation is 1. The van der Waals surface area contributed by atoms with Crippen LogP contribution in [0, 0.1) is 0 Å². The van der Waals surface area contributed by atoms with Crippen LogP contribution >= 0.6 is 0 Å². The predicted molar refractivity (Wildman–Crippen MR) is 119 cm³/mol. The van der Waals surface area contributed by atoms with E-state index in [1.807, 2.05) is 45.9 Å². The van der Waals surface area contributed by atoms with Crippen LogP contribution in [0.3, 0.4) is 0 Å². The number of nitrogens with zero attached hydrogens (tertiary/aromatic N) is 3. The lowest BCUT2D eigenvalue weighted by Gasteiger charge is -2.20. The van der Waals surface area contributed by atoms with Crippen molar-refractivity contribution in [3.8, 4) is 0 Å². The van der Waals surface area contributed by atoms with Crippen LogP contribution < -0.4 is 16.6 Å². The molecule has 2 heterocycles. The number of hydrogen-bond acceptors (Lipinski definition) is 4.